The predicted molar refractivity (Wildman–Crippen MR) is 109 cm³/mol. The molecule has 0 aliphatic carbocycles. The van der Waals surface area contributed by atoms with E-state index in [1.54, 1.807) is 48.5 Å². The number of rotatable bonds is 4. The van der Waals surface area contributed by atoms with Gasteiger partial charge in [-0.25, -0.2) is 8.42 Å². The molecule has 1 fully saturated rings. The van der Waals surface area contributed by atoms with Gasteiger partial charge in [-0.1, -0.05) is 18.6 Å². The molecule has 0 bridgehead atoms. The Balaban J connectivity index is 1.56. The lowest BCUT2D eigenvalue weighted by Gasteiger charge is -2.25. The molecular weight excluding hydrogens is 376 g/mol. The second-order valence-electron chi connectivity index (χ2n) is 6.73. The summed E-state index contributed by atoms with van der Waals surface area (Å²) >= 11 is 0. The first-order chi connectivity index (χ1) is 13.6. The fourth-order valence-electron chi connectivity index (χ4n) is 3.28. The van der Waals surface area contributed by atoms with Crippen molar-refractivity contribution in [3.8, 4) is 0 Å². The van der Waals surface area contributed by atoms with Crippen LogP contribution in [-0.4, -0.2) is 32.0 Å². The van der Waals surface area contributed by atoms with Crippen molar-refractivity contribution in [3.05, 3.63) is 70.6 Å². The molecule has 4 rings (SSSR count). The van der Waals surface area contributed by atoms with E-state index in [0.29, 0.717) is 35.3 Å². The minimum absolute atomic E-state index is 0.158. The van der Waals surface area contributed by atoms with Crippen LogP contribution in [0.4, 0.5) is 5.69 Å². The van der Waals surface area contributed by atoms with Crippen LogP contribution < -0.4 is 5.43 Å². The van der Waals surface area contributed by atoms with Crippen molar-refractivity contribution in [1.29, 1.82) is 0 Å². The summed E-state index contributed by atoms with van der Waals surface area (Å²) in [6.45, 7) is 1.14. The Morgan fingerprint density at radius 1 is 0.964 bits per heavy atom. The molecule has 1 aliphatic rings. The topological polar surface area (TPSA) is 80.0 Å². The number of piperidine rings is 1. The molecule has 0 unspecified atom stereocenters. The average Bonchev–Trinajstić information content (AvgIpc) is 2.74. The quantitative estimate of drug-likeness (QED) is 0.630. The van der Waals surface area contributed by atoms with Crippen molar-refractivity contribution in [2.24, 2.45) is 4.99 Å². The fourth-order valence-corrected chi connectivity index (χ4v) is 4.80. The van der Waals surface area contributed by atoms with Crippen molar-refractivity contribution in [2.75, 3.05) is 13.1 Å². The van der Waals surface area contributed by atoms with E-state index in [2.05, 4.69) is 4.99 Å². The van der Waals surface area contributed by atoms with Gasteiger partial charge < -0.3 is 4.42 Å². The highest BCUT2D eigenvalue weighted by molar-refractivity contribution is 7.89. The third-order valence-corrected chi connectivity index (χ3v) is 6.76. The Bertz CT molecular complexity index is 1180. The Labute approximate surface area is 163 Å². The second-order valence-corrected chi connectivity index (χ2v) is 8.67. The normalized spacial score (nSPS) is 16.0. The van der Waals surface area contributed by atoms with Gasteiger partial charge in [-0.3, -0.25) is 9.79 Å². The minimum Gasteiger partial charge on any atom is -0.463 e. The van der Waals surface area contributed by atoms with E-state index < -0.39 is 10.0 Å². The summed E-state index contributed by atoms with van der Waals surface area (Å²) in [5, 5.41) is 0.495. The van der Waals surface area contributed by atoms with Gasteiger partial charge in [-0.2, -0.15) is 4.31 Å². The van der Waals surface area contributed by atoms with Gasteiger partial charge in [0.25, 0.3) is 0 Å². The number of hydrogen-bond donors (Lipinski definition) is 0. The smallest absolute Gasteiger partial charge is 0.243 e. The van der Waals surface area contributed by atoms with E-state index in [-0.39, 0.29) is 10.3 Å². The molecule has 7 heteroatoms. The van der Waals surface area contributed by atoms with E-state index in [1.807, 2.05) is 0 Å². The lowest BCUT2D eigenvalue weighted by atomic mass is 10.2. The summed E-state index contributed by atoms with van der Waals surface area (Å²) in [4.78, 5) is 17.0. The maximum atomic E-state index is 12.7. The van der Waals surface area contributed by atoms with Crippen LogP contribution in [0, 0.1) is 0 Å². The van der Waals surface area contributed by atoms with Crippen LogP contribution in [0.3, 0.4) is 0 Å². The summed E-state index contributed by atoms with van der Waals surface area (Å²) in [6, 6.07) is 13.4. The second kappa shape index (κ2) is 7.69. The van der Waals surface area contributed by atoms with Crippen molar-refractivity contribution in [3.63, 3.8) is 0 Å². The molecule has 0 radical (unpaired) electrons. The third-order valence-electron chi connectivity index (χ3n) is 4.85. The zero-order valence-corrected chi connectivity index (χ0v) is 16.1. The maximum Gasteiger partial charge on any atom is 0.243 e. The summed E-state index contributed by atoms with van der Waals surface area (Å²) in [6.07, 6.45) is 5.68. The highest BCUT2D eigenvalue weighted by atomic mass is 32.2. The number of hydrogen-bond acceptors (Lipinski definition) is 5. The molecular formula is C21H20N2O4S. The summed E-state index contributed by atoms with van der Waals surface area (Å²) in [5.74, 6) is 0. The van der Waals surface area contributed by atoms with Crippen LogP contribution >= 0.6 is 0 Å². The van der Waals surface area contributed by atoms with E-state index >= 15 is 0 Å². The van der Waals surface area contributed by atoms with Crippen LogP contribution in [0.15, 0.2) is 73.9 Å². The highest BCUT2D eigenvalue weighted by Crippen LogP contribution is 2.23. The molecule has 0 spiro atoms. The van der Waals surface area contributed by atoms with Crippen molar-refractivity contribution in [2.45, 2.75) is 24.2 Å². The molecule has 1 aliphatic heterocycles. The third kappa shape index (κ3) is 3.63. The lowest BCUT2D eigenvalue weighted by Crippen LogP contribution is -2.35. The SMILES string of the molecule is O=c1c(C=Nc2ccc(S(=O)(=O)N3CCCCC3)cc2)coc2ccccc12. The van der Waals surface area contributed by atoms with Gasteiger partial charge in [0.15, 0.2) is 0 Å². The minimum atomic E-state index is -3.46. The van der Waals surface area contributed by atoms with Gasteiger partial charge >= 0.3 is 0 Å². The molecule has 28 heavy (non-hydrogen) atoms. The summed E-state index contributed by atoms with van der Waals surface area (Å²) in [7, 11) is -3.46. The Morgan fingerprint density at radius 2 is 1.68 bits per heavy atom. The first-order valence-corrected chi connectivity index (χ1v) is 10.6. The molecule has 6 nitrogen and oxygen atoms in total. The van der Waals surface area contributed by atoms with Gasteiger partial charge in [-0.05, 0) is 49.2 Å². The van der Waals surface area contributed by atoms with E-state index in [0.717, 1.165) is 19.3 Å². The van der Waals surface area contributed by atoms with Crippen LogP contribution in [-0.2, 0) is 10.0 Å². The molecule has 2 heterocycles. The van der Waals surface area contributed by atoms with Gasteiger partial charge in [0, 0.05) is 19.3 Å². The van der Waals surface area contributed by atoms with E-state index in [1.165, 1.54) is 16.8 Å². The number of sulfonamides is 1. The standard InChI is InChI=1S/C21H20N2O4S/c24-21-16(15-27-20-7-3-2-6-19(20)21)14-22-17-8-10-18(11-9-17)28(25,26)23-12-4-1-5-13-23/h2-3,6-11,14-15H,1,4-5,12-13H2. The van der Waals surface area contributed by atoms with E-state index in [4.69, 9.17) is 4.42 Å². The van der Waals surface area contributed by atoms with Crippen LogP contribution in [0.2, 0.25) is 0 Å². The van der Waals surface area contributed by atoms with Gasteiger partial charge in [-0.15, -0.1) is 0 Å². The number of para-hydroxylation sites is 1. The number of fused-ring (bicyclic) bond motifs is 1. The summed E-state index contributed by atoms with van der Waals surface area (Å²) < 4.78 is 32.4. The van der Waals surface area contributed by atoms with Crippen molar-refractivity contribution in [1.82, 2.24) is 4.31 Å². The van der Waals surface area contributed by atoms with Crippen molar-refractivity contribution >= 4 is 32.9 Å². The van der Waals surface area contributed by atoms with Gasteiger partial charge in [0.1, 0.15) is 11.8 Å². The Hall–Kier alpha value is -2.77. The largest absolute Gasteiger partial charge is 0.463 e. The molecule has 0 atom stereocenters. The van der Waals surface area contributed by atoms with Gasteiger partial charge in [0.05, 0.1) is 21.5 Å². The Morgan fingerprint density at radius 3 is 2.43 bits per heavy atom. The maximum absolute atomic E-state index is 12.7. The molecule has 1 aromatic heterocycles. The molecule has 144 valence electrons. The molecule has 2 aromatic carbocycles. The van der Waals surface area contributed by atoms with Crippen LogP contribution in [0.1, 0.15) is 24.8 Å². The average molecular weight is 396 g/mol. The number of benzene rings is 2. The summed E-state index contributed by atoms with van der Waals surface area (Å²) in [5.41, 5.74) is 1.26. The number of nitrogens with zero attached hydrogens (tertiary/aromatic N) is 2. The van der Waals surface area contributed by atoms with Crippen LogP contribution in [0.25, 0.3) is 11.0 Å². The van der Waals surface area contributed by atoms with Gasteiger partial charge in [0.2, 0.25) is 15.5 Å². The highest BCUT2D eigenvalue weighted by Gasteiger charge is 2.25. The lowest BCUT2D eigenvalue weighted by molar-refractivity contribution is 0.346. The number of aliphatic imine (C=N–C) groups is 1. The monoisotopic (exact) mass is 396 g/mol. The Kier molecular flexibility index (Phi) is 5.11. The van der Waals surface area contributed by atoms with Crippen LogP contribution in [0.5, 0.6) is 0 Å². The van der Waals surface area contributed by atoms with E-state index in [9.17, 15) is 13.2 Å². The zero-order valence-electron chi connectivity index (χ0n) is 15.2. The first kappa shape index (κ1) is 18.6. The molecule has 0 N–H and O–H groups in total. The fraction of sp³-hybridized carbons (Fsp3) is 0.238. The molecule has 0 saturated carbocycles. The first-order valence-electron chi connectivity index (χ1n) is 9.20. The van der Waals surface area contributed by atoms with Crippen molar-refractivity contribution < 1.29 is 12.8 Å². The zero-order chi connectivity index (χ0) is 19.6. The molecule has 3 aromatic rings. The molecule has 0 amide bonds. The molecule has 1 saturated heterocycles. The predicted octanol–water partition coefficient (Wildman–Crippen LogP) is 3.72.